The zero-order valence-electron chi connectivity index (χ0n) is 13.8. The summed E-state index contributed by atoms with van der Waals surface area (Å²) in [5.41, 5.74) is 4.36. The highest BCUT2D eigenvalue weighted by Gasteiger charge is 2.16. The van der Waals surface area contributed by atoms with Gasteiger partial charge in [-0.05, 0) is 71.2 Å². The van der Waals surface area contributed by atoms with Crippen molar-refractivity contribution >= 4 is 28.1 Å². The Hall–Kier alpha value is -2.54. The summed E-state index contributed by atoms with van der Waals surface area (Å²) >= 11 is 3.42. The Morgan fingerprint density at radius 2 is 2.08 bits per heavy atom. The molecule has 2 aromatic rings. The van der Waals surface area contributed by atoms with Crippen LogP contribution in [0, 0.1) is 6.92 Å². The van der Waals surface area contributed by atoms with Crippen LogP contribution < -0.4 is 19.6 Å². The summed E-state index contributed by atoms with van der Waals surface area (Å²) in [6, 6.07) is 11.1. The number of benzene rings is 2. The lowest BCUT2D eigenvalue weighted by Crippen LogP contribution is -2.33. The fourth-order valence-electron chi connectivity index (χ4n) is 2.20. The maximum Gasteiger partial charge on any atom is 0.280 e. The lowest BCUT2D eigenvalue weighted by Gasteiger charge is -2.14. The number of carbonyl (C=O) groups is 1. The molecule has 1 N–H and O–H groups in total. The first kappa shape index (κ1) is 17.3. The molecule has 0 unspecified atom stereocenters. The van der Waals surface area contributed by atoms with E-state index in [-0.39, 0.29) is 12.7 Å². The summed E-state index contributed by atoms with van der Waals surface area (Å²) < 4.78 is 17.0. The molecule has 3 rings (SSSR count). The third-order valence-corrected chi connectivity index (χ3v) is 4.17. The number of amides is 1. The van der Waals surface area contributed by atoms with Crippen LogP contribution in [0.5, 0.6) is 17.2 Å². The molecule has 0 saturated heterocycles. The maximum absolute atomic E-state index is 12.1. The number of nitrogens with zero attached hydrogens (tertiary/aromatic N) is 1. The Bertz CT molecular complexity index is 823. The van der Waals surface area contributed by atoms with Gasteiger partial charge in [-0.1, -0.05) is 6.07 Å². The molecule has 0 bridgehead atoms. The van der Waals surface area contributed by atoms with Crippen molar-refractivity contribution in [3.8, 4) is 17.2 Å². The van der Waals surface area contributed by atoms with E-state index < -0.39 is 6.10 Å². The second kappa shape index (κ2) is 7.57. The van der Waals surface area contributed by atoms with E-state index in [1.807, 2.05) is 31.2 Å². The van der Waals surface area contributed by atoms with Crippen molar-refractivity contribution in [2.24, 2.45) is 5.10 Å². The van der Waals surface area contributed by atoms with E-state index in [1.165, 1.54) is 6.21 Å². The van der Waals surface area contributed by atoms with Crippen LogP contribution in [0.1, 0.15) is 18.1 Å². The van der Waals surface area contributed by atoms with E-state index >= 15 is 0 Å². The van der Waals surface area contributed by atoms with Crippen molar-refractivity contribution in [3.05, 3.63) is 52.0 Å². The summed E-state index contributed by atoms with van der Waals surface area (Å²) in [4.78, 5) is 12.1. The van der Waals surface area contributed by atoms with Gasteiger partial charge in [-0.15, -0.1) is 0 Å². The molecule has 0 saturated carbocycles. The molecule has 0 aliphatic carbocycles. The standard InChI is InChI=1S/C18H17BrN2O4/c1-11-3-5-15(14(19)7-11)25-12(2)18(22)21-20-9-13-4-6-16-17(8-13)24-10-23-16/h3-9,12H,10H2,1-2H3,(H,21,22)/b20-9-/t12-/m1/s1. The molecule has 0 fully saturated rings. The average molecular weight is 405 g/mol. The van der Waals surface area contributed by atoms with Gasteiger partial charge in [-0.25, -0.2) is 5.43 Å². The number of fused-ring (bicyclic) bond motifs is 1. The quantitative estimate of drug-likeness (QED) is 0.612. The van der Waals surface area contributed by atoms with Gasteiger partial charge in [0.1, 0.15) is 5.75 Å². The van der Waals surface area contributed by atoms with E-state index in [0.29, 0.717) is 17.2 Å². The van der Waals surface area contributed by atoms with Gasteiger partial charge in [-0.3, -0.25) is 4.79 Å². The van der Waals surface area contributed by atoms with E-state index in [9.17, 15) is 4.79 Å². The molecule has 0 aromatic heterocycles. The molecule has 0 spiro atoms. The Morgan fingerprint density at radius 3 is 2.88 bits per heavy atom. The molecule has 2 aromatic carbocycles. The normalized spacial score (nSPS) is 13.7. The highest BCUT2D eigenvalue weighted by atomic mass is 79.9. The highest BCUT2D eigenvalue weighted by Crippen LogP contribution is 2.32. The fourth-order valence-corrected chi connectivity index (χ4v) is 2.79. The molecular weight excluding hydrogens is 388 g/mol. The summed E-state index contributed by atoms with van der Waals surface area (Å²) in [7, 11) is 0. The number of rotatable bonds is 5. The maximum atomic E-state index is 12.1. The van der Waals surface area contributed by atoms with Crippen LogP contribution in [0.4, 0.5) is 0 Å². The largest absolute Gasteiger partial charge is 0.480 e. The Kier molecular flexibility index (Phi) is 5.23. The SMILES string of the molecule is Cc1ccc(O[C@H](C)C(=O)N/N=C\c2ccc3c(c2)OCO3)c(Br)c1. The van der Waals surface area contributed by atoms with E-state index in [4.69, 9.17) is 14.2 Å². The zero-order chi connectivity index (χ0) is 17.8. The van der Waals surface area contributed by atoms with Gasteiger partial charge in [0.15, 0.2) is 17.6 Å². The molecule has 1 heterocycles. The minimum absolute atomic E-state index is 0.218. The smallest absolute Gasteiger partial charge is 0.280 e. The first-order valence-electron chi connectivity index (χ1n) is 7.68. The topological polar surface area (TPSA) is 69.2 Å². The lowest BCUT2D eigenvalue weighted by molar-refractivity contribution is -0.127. The minimum atomic E-state index is -0.687. The third-order valence-electron chi connectivity index (χ3n) is 3.55. The second-order valence-corrected chi connectivity index (χ2v) is 6.40. The minimum Gasteiger partial charge on any atom is -0.480 e. The number of ether oxygens (including phenoxy) is 3. The van der Waals surface area contributed by atoms with Crippen molar-refractivity contribution in [1.82, 2.24) is 5.43 Å². The van der Waals surface area contributed by atoms with Gasteiger partial charge in [0, 0.05) is 0 Å². The number of hydrogen-bond acceptors (Lipinski definition) is 5. The molecule has 0 radical (unpaired) electrons. The zero-order valence-corrected chi connectivity index (χ0v) is 15.4. The van der Waals surface area contributed by atoms with Gasteiger partial charge < -0.3 is 14.2 Å². The van der Waals surface area contributed by atoms with Crippen molar-refractivity contribution in [1.29, 1.82) is 0 Å². The molecule has 1 atom stereocenters. The Morgan fingerprint density at radius 1 is 1.28 bits per heavy atom. The Balaban J connectivity index is 1.56. The third kappa shape index (κ3) is 4.30. The number of hydrazone groups is 1. The van der Waals surface area contributed by atoms with Crippen LogP contribution >= 0.6 is 15.9 Å². The van der Waals surface area contributed by atoms with Crippen LogP contribution in [0.2, 0.25) is 0 Å². The van der Waals surface area contributed by atoms with Crippen LogP contribution in [-0.2, 0) is 4.79 Å². The molecule has 1 amide bonds. The highest BCUT2D eigenvalue weighted by molar-refractivity contribution is 9.10. The van der Waals surface area contributed by atoms with Gasteiger partial charge >= 0.3 is 0 Å². The van der Waals surface area contributed by atoms with E-state index in [0.717, 1.165) is 15.6 Å². The molecule has 25 heavy (non-hydrogen) atoms. The van der Waals surface area contributed by atoms with E-state index in [2.05, 4.69) is 26.5 Å². The van der Waals surface area contributed by atoms with Crippen molar-refractivity contribution in [2.75, 3.05) is 6.79 Å². The second-order valence-electron chi connectivity index (χ2n) is 5.54. The summed E-state index contributed by atoms with van der Waals surface area (Å²) in [6.45, 7) is 3.86. The first-order valence-corrected chi connectivity index (χ1v) is 8.47. The summed E-state index contributed by atoms with van der Waals surface area (Å²) in [5, 5.41) is 3.95. The molecule has 7 heteroatoms. The van der Waals surface area contributed by atoms with Gasteiger partial charge in [0.25, 0.3) is 5.91 Å². The van der Waals surface area contributed by atoms with Crippen molar-refractivity contribution in [2.45, 2.75) is 20.0 Å². The average Bonchev–Trinajstić information content (AvgIpc) is 3.05. The molecule has 1 aliphatic rings. The van der Waals surface area contributed by atoms with E-state index in [1.54, 1.807) is 19.1 Å². The number of carbonyl (C=O) groups excluding carboxylic acids is 1. The van der Waals surface area contributed by atoms with Crippen molar-refractivity contribution < 1.29 is 19.0 Å². The monoisotopic (exact) mass is 404 g/mol. The molecule has 130 valence electrons. The van der Waals surface area contributed by atoms with Crippen molar-refractivity contribution in [3.63, 3.8) is 0 Å². The number of aryl methyl sites for hydroxylation is 1. The number of halogens is 1. The van der Waals surface area contributed by atoms with Crippen LogP contribution in [-0.4, -0.2) is 25.0 Å². The van der Waals surface area contributed by atoms with Crippen LogP contribution in [0.15, 0.2) is 46.0 Å². The molecular formula is C18H17BrN2O4. The first-order chi connectivity index (χ1) is 12.0. The fraction of sp³-hybridized carbons (Fsp3) is 0.222. The summed E-state index contributed by atoms with van der Waals surface area (Å²) in [5.74, 6) is 1.63. The molecule has 1 aliphatic heterocycles. The lowest BCUT2D eigenvalue weighted by atomic mass is 10.2. The van der Waals surface area contributed by atoms with Gasteiger partial charge in [0.2, 0.25) is 6.79 Å². The molecule has 6 nitrogen and oxygen atoms in total. The van der Waals surface area contributed by atoms with Crippen LogP contribution in [0.25, 0.3) is 0 Å². The predicted octanol–water partition coefficient (Wildman–Crippen LogP) is 3.40. The van der Waals surface area contributed by atoms with Crippen LogP contribution in [0.3, 0.4) is 0 Å². The summed E-state index contributed by atoms with van der Waals surface area (Å²) in [6.07, 6.45) is 0.849. The number of hydrogen-bond donors (Lipinski definition) is 1. The predicted molar refractivity (Wildman–Crippen MR) is 97.3 cm³/mol. The van der Waals surface area contributed by atoms with Gasteiger partial charge in [0.05, 0.1) is 10.7 Å². The number of nitrogens with one attached hydrogen (secondary N) is 1. The van der Waals surface area contributed by atoms with Gasteiger partial charge in [-0.2, -0.15) is 5.10 Å². The Labute approximate surface area is 153 Å².